The number of nitrogens with one attached hydrogen (secondary N) is 2. The Morgan fingerprint density at radius 3 is 2.78 bits per heavy atom. The Morgan fingerprint density at radius 1 is 1.35 bits per heavy atom. The summed E-state index contributed by atoms with van der Waals surface area (Å²) in [5.74, 6) is 0.580. The van der Waals surface area contributed by atoms with E-state index in [0.29, 0.717) is 27.7 Å². The normalized spacial score (nSPS) is 13.8. The van der Waals surface area contributed by atoms with Gasteiger partial charge in [-0.05, 0) is 30.5 Å². The molecule has 2 aromatic rings. The van der Waals surface area contributed by atoms with E-state index >= 15 is 0 Å². The van der Waals surface area contributed by atoms with Gasteiger partial charge in [-0.25, -0.2) is 4.98 Å². The zero-order valence-electron chi connectivity index (χ0n) is 12.3. The van der Waals surface area contributed by atoms with E-state index in [1.165, 1.54) is 17.8 Å². The van der Waals surface area contributed by atoms with Crippen molar-refractivity contribution in [1.82, 2.24) is 15.3 Å². The van der Waals surface area contributed by atoms with Crippen LogP contribution in [0.5, 0.6) is 0 Å². The van der Waals surface area contributed by atoms with Gasteiger partial charge < -0.3 is 10.3 Å². The van der Waals surface area contributed by atoms with Gasteiger partial charge in [-0.1, -0.05) is 35.5 Å². The van der Waals surface area contributed by atoms with Crippen LogP contribution in [0.3, 0.4) is 0 Å². The number of nitrogens with zero attached hydrogens (tertiary/aromatic N) is 1. The molecule has 3 rings (SSSR count). The summed E-state index contributed by atoms with van der Waals surface area (Å²) in [5.41, 5.74) is 1.33. The Kier molecular flexibility index (Phi) is 5.03. The molecule has 0 radical (unpaired) electrons. The first-order valence-electron chi connectivity index (χ1n) is 7.35. The summed E-state index contributed by atoms with van der Waals surface area (Å²) < 4.78 is 0. The lowest BCUT2D eigenvalue weighted by Crippen LogP contribution is -2.28. The average Bonchev–Trinajstić information content (AvgIpc) is 3.30. The fourth-order valence-electron chi connectivity index (χ4n) is 2.05. The van der Waals surface area contributed by atoms with E-state index < -0.39 is 0 Å². The van der Waals surface area contributed by atoms with Gasteiger partial charge in [0.2, 0.25) is 5.91 Å². The van der Waals surface area contributed by atoms with E-state index in [1.54, 1.807) is 0 Å². The molecule has 1 aliphatic rings. The molecular formula is C16H16ClN3O2S. The standard InChI is InChI=1S/C16H16ClN3O2S/c17-11-3-1-10(2-4-11)9-23-16-19-13(8-15(22)20-16)7-14(21)18-12-5-6-12/h1-4,8,12H,5-7,9H2,(H,18,21)(H,19,20,22). The van der Waals surface area contributed by atoms with Crippen molar-refractivity contribution in [2.24, 2.45) is 0 Å². The predicted molar refractivity (Wildman–Crippen MR) is 90.7 cm³/mol. The van der Waals surface area contributed by atoms with Crippen molar-refractivity contribution in [1.29, 1.82) is 0 Å². The third-order valence-electron chi connectivity index (χ3n) is 3.35. The zero-order chi connectivity index (χ0) is 16.2. The lowest BCUT2D eigenvalue weighted by molar-refractivity contribution is -0.120. The number of benzene rings is 1. The largest absolute Gasteiger partial charge is 0.353 e. The quantitative estimate of drug-likeness (QED) is 0.620. The van der Waals surface area contributed by atoms with Crippen molar-refractivity contribution in [2.75, 3.05) is 0 Å². The first-order chi connectivity index (χ1) is 11.1. The zero-order valence-corrected chi connectivity index (χ0v) is 13.9. The van der Waals surface area contributed by atoms with E-state index in [2.05, 4.69) is 15.3 Å². The van der Waals surface area contributed by atoms with E-state index in [9.17, 15) is 9.59 Å². The number of carbonyl (C=O) groups is 1. The highest BCUT2D eigenvalue weighted by atomic mass is 35.5. The third-order valence-corrected chi connectivity index (χ3v) is 4.54. The molecule has 23 heavy (non-hydrogen) atoms. The molecule has 1 aromatic carbocycles. The predicted octanol–water partition coefficient (Wildman–Crippen LogP) is 2.54. The summed E-state index contributed by atoms with van der Waals surface area (Å²) in [7, 11) is 0. The SMILES string of the molecule is O=C(Cc1cc(=O)[nH]c(SCc2ccc(Cl)cc2)n1)NC1CC1. The summed E-state index contributed by atoms with van der Waals surface area (Å²) in [5, 5.41) is 4.10. The van der Waals surface area contributed by atoms with Crippen LogP contribution in [-0.4, -0.2) is 21.9 Å². The van der Waals surface area contributed by atoms with Gasteiger partial charge in [0.25, 0.3) is 5.56 Å². The smallest absolute Gasteiger partial charge is 0.251 e. The van der Waals surface area contributed by atoms with E-state index in [4.69, 9.17) is 11.6 Å². The molecule has 0 spiro atoms. The fraction of sp³-hybridized carbons (Fsp3) is 0.312. The van der Waals surface area contributed by atoms with Gasteiger partial charge in [-0.2, -0.15) is 0 Å². The molecule has 0 saturated heterocycles. The molecular weight excluding hydrogens is 334 g/mol. The average molecular weight is 350 g/mol. The number of hydrogen-bond donors (Lipinski definition) is 2. The Bertz CT molecular complexity index is 757. The minimum atomic E-state index is -0.243. The van der Waals surface area contributed by atoms with Crippen molar-refractivity contribution in [3.63, 3.8) is 0 Å². The number of aromatic amines is 1. The minimum Gasteiger partial charge on any atom is -0.353 e. The van der Waals surface area contributed by atoms with E-state index in [1.807, 2.05) is 24.3 Å². The Balaban J connectivity index is 1.63. The molecule has 1 aliphatic carbocycles. The summed E-state index contributed by atoms with van der Waals surface area (Å²) in [6.07, 6.45) is 2.21. The van der Waals surface area contributed by atoms with Crippen LogP contribution >= 0.6 is 23.4 Å². The number of thioether (sulfide) groups is 1. The van der Waals surface area contributed by atoms with E-state index in [-0.39, 0.29) is 17.9 Å². The topological polar surface area (TPSA) is 74.8 Å². The lowest BCUT2D eigenvalue weighted by Gasteiger charge is -2.05. The molecule has 0 aliphatic heterocycles. The number of hydrogen-bond acceptors (Lipinski definition) is 4. The van der Waals surface area contributed by atoms with Gasteiger partial charge >= 0.3 is 0 Å². The summed E-state index contributed by atoms with van der Waals surface area (Å²) in [4.78, 5) is 30.6. The molecule has 120 valence electrons. The maximum absolute atomic E-state index is 11.8. The van der Waals surface area contributed by atoms with Crippen LogP contribution in [0.15, 0.2) is 40.3 Å². The Labute approximate surface area is 142 Å². The summed E-state index contributed by atoms with van der Waals surface area (Å²) in [6, 6.07) is 9.20. The van der Waals surface area contributed by atoms with Crippen LogP contribution in [0, 0.1) is 0 Å². The van der Waals surface area contributed by atoms with Crippen molar-refractivity contribution in [2.45, 2.75) is 36.2 Å². The first kappa shape index (κ1) is 16.1. The summed E-state index contributed by atoms with van der Waals surface area (Å²) >= 11 is 7.27. The van der Waals surface area contributed by atoms with Crippen molar-refractivity contribution in [3.05, 3.63) is 57.0 Å². The molecule has 7 heteroatoms. The van der Waals surface area contributed by atoms with Crippen LogP contribution < -0.4 is 10.9 Å². The molecule has 2 N–H and O–H groups in total. The molecule has 1 amide bonds. The van der Waals surface area contributed by atoms with Crippen LogP contribution in [0.1, 0.15) is 24.1 Å². The van der Waals surface area contributed by atoms with Gasteiger partial charge in [0.1, 0.15) is 0 Å². The van der Waals surface area contributed by atoms with Gasteiger partial charge in [0, 0.05) is 22.9 Å². The number of amides is 1. The van der Waals surface area contributed by atoms with Crippen LogP contribution in [0.25, 0.3) is 0 Å². The molecule has 1 heterocycles. The molecule has 0 bridgehead atoms. The minimum absolute atomic E-state index is 0.0840. The van der Waals surface area contributed by atoms with Gasteiger partial charge in [-0.3, -0.25) is 9.59 Å². The number of H-pyrrole nitrogens is 1. The highest BCUT2D eigenvalue weighted by molar-refractivity contribution is 7.98. The lowest BCUT2D eigenvalue weighted by atomic mass is 10.2. The second-order valence-corrected chi connectivity index (χ2v) is 6.88. The Morgan fingerprint density at radius 2 is 2.09 bits per heavy atom. The monoisotopic (exact) mass is 349 g/mol. The van der Waals surface area contributed by atoms with Crippen LogP contribution in [-0.2, 0) is 17.0 Å². The van der Waals surface area contributed by atoms with Crippen molar-refractivity contribution in [3.8, 4) is 0 Å². The third kappa shape index (κ3) is 5.11. The molecule has 1 fully saturated rings. The van der Waals surface area contributed by atoms with Crippen molar-refractivity contribution < 1.29 is 4.79 Å². The van der Waals surface area contributed by atoms with Crippen molar-refractivity contribution >= 4 is 29.3 Å². The molecule has 1 aromatic heterocycles. The number of carbonyl (C=O) groups excluding carboxylic acids is 1. The summed E-state index contributed by atoms with van der Waals surface area (Å²) in [6.45, 7) is 0. The van der Waals surface area contributed by atoms with Crippen LogP contribution in [0.2, 0.25) is 5.02 Å². The molecule has 0 unspecified atom stereocenters. The maximum atomic E-state index is 11.8. The van der Waals surface area contributed by atoms with Gasteiger partial charge in [-0.15, -0.1) is 0 Å². The number of halogens is 1. The Hall–Kier alpha value is -1.79. The second-order valence-electron chi connectivity index (χ2n) is 5.48. The maximum Gasteiger partial charge on any atom is 0.251 e. The number of rotatable bonds is 6. The second kappa shape index (κ2) is 7.19. The van der Waals surface area contributed by atoms with Gasteiger partial charge in [0.15, 0.2) is 5.16 Å². The molecule has 0 atom stereocenters. The highest BCUT2D eigenvalue weighted by Gasteiger charge is 2.23. The van der Waals surface area contributed by atoms with Gasteiger partial charge in [0.05, 0.1) is 12.1 Å². The van der Waals surface area contributed by atoms with E-state index in [0.717, 1.165) is 18.4 Å². The highest BCUT2D eigenvalue weighted by Crippen LogP contribution is 2.20. The molecule has 5 nitrogen and oxygen atoms in total. The molecule has 1 saturated carbocycles. The first-order valence-corrected chi connectivity index (χ1v) is 8.72. The van der Waals surface area contributed by atoms with Crippen LogP contribution in [0.4, 0.5) is 0 Å². The fourth-order valence-corrected chi connectivity index (χ4v) is 3.02. The number of aromatic nitrogens is 2.